The van der Waals surface area contributed by atoms with Crippen LogP contribution in [0.1, 0.15) is 23.6 Å². The Morgan fingerprint density at radius 1 is 1.04 bits per heavy atom. The summed E-state index contributed by atoms with van der Waals surface area (Å²) in [5.41, 5.74) is 3.21. The van der Waals surface area contributed by atoms with Crippen molar-refractivity contribution in [2.75, 3.05) is 13.7 Å². The molecular weight excluding hydrogens is 318 g/mol. The lowest BCUT2D eigenvalue weighted by Crippen LogP contribution is -2.27. The van der Waals surface area contributed by atoms with E-state index in [2.05, 4.69) is 19.1 Å². The summed E-state index contributed by atoms with van der Waals surface area (Å²) in [6, 6.07) is 15.2. The monoisotopic (exact) mass is 341 g/mol. The number of benzene rings is 2. The van der Waals surface area contributed by atoms with Crippen molar-refractivity contribution in [2.24, 2.45) is 0 Å². The van der Waals surface area contributed by atoms with Crippen molar-refractivity contribution < 1.29 is 19.4 Å². The van der Waals surface area contributed by atoms with Crippen molar-refractivity contribution in [3.05, 3.63) is 65.2 Å². The Bertz CT molecular complexity index is 725. The summed E-state index contributed by atoms with van der Waals surface area (Å²) in [7, 11) is 1.78. The fraction of sp³-hybridized carbons (Fsp3) is 0.300. The third kappa shape index (κ3) is 5.95. The van der Waals surface area contributed by atoms with Crippen LogP contribution in [0.25, 0.3) is 0 Å². The zero-order chi connectivity index (χ0) is 18.2. The largest absolute Gasteiger partial charge is 0.482 e. The molecule has 0 heterocycles. The maximum Gasteiger partial charge on any atom is 0.341 e. The molecule has 1 N–H and O–H groups in total. The molecular formula is C20H23NO4. The highest BCUT2D eigenvalue weighted by atomic mass is 16.5. The molecule has 0 spiro atoms. The summed E-state index contributed by atoms with van der Waals surface area (Å²) >= 11 is 0. The molecule has 2 aromatic rings. The van der Waals surface area contributed by atoms with Crippen LogP contribution in [-0.4, -0.2) is 35.5 Å². The highest BCUT2D eigenvalue weighted by molar-refractivity contribution is 5.78. The van der Waals surface area contributed by atoms with E-state index in [-0.39, 0.29) is 12.5 Å². The first kappa shape index (κ1) is 18.5. The molecule has 0 atom stereocenters. The topological polar surface area (TPSA) is 66.8 Å². The quantitative estimate of drug-likeness (QED) is 0.802. The van der Waals surface area contributed by atoms with Gasteiger partial charge in [0, 0.05) is 13.6 Å². The Kier molecular flexibility index (Phi) is 6.57. The number of carboxylic acid groups (broad SMARTS) is 1. The summed E-state index contributed by atoms with van der Waals surface area (Å²) in [6.45, 7) is 2.22. The van der Waals surface area contributed by atoms with E-state index in [4.69, 9.17) is 9.84 Å². The smallest absolute Gasteiger partial charge is 0.341 e. The molecule has 5 nitrogen and oxygen atoms in total. The molecule has 0 aliphatic carbocycles. The number of carboxylic acids is 1. The van der Waals surface area contributed by atoms with Crippen molar-refractivity contribution in [1.82, 2.24) is 4.90 Å². The number of carbonyl (C=O) groups is 2. The minimum absolute atomic E-state index is 0.0551. The Morgan fingerprint density at radius 2 is 1.72 bits per heavy atom. The van der Waals surface area contributed by atoms with Crippen LogP contribution in [0.5, 0.6) is 5.75 Å². The van der Waals surface area contributed by atoms with Crippen molar-refractivity contribution in [1.29, 1.82) is 0 Å². The summed E-state index contributed by atoms with van der Waals surface area (Å²) in [6.07, 6.45) is 1.33. The summed E-state index contributed by atoms with van der Waals surface area (Å²) in [4.78, 5) is 24.6. The number of aryl methyl sites for hydroxylation is 1. The lowest BCUT2D eigenvalue weighted by atomic mass is 10.1. The van der Waals surface area contributed by atoms with E-state index in [0.29, 0.717) is 18.7 Å². The van der Waals surface area contributed by atoms with Gasteiger partial charge in [-0.15, -0.1) is 0 Å². The van der Waals surface area contributed by atoms with Crippen LogP contribution >= 0.6 is 0 Å². The van der Waals surface area contributed by atoms with Gasteiger partial charge in [-0.05, 0) is 35.2 Å². The van der Waals surface area contributed by atoms with Crippen molar-refractivity contribution in [2.45, 2.75) is 26.3 Å². The molecule has 0 unspecified atom stereocenters. The fourth-order valence-corrected chi connectivity index (χ4v) is 2.47. The van der Waals surface area contributed by atoms with Gasteiger partial charge in [-0.3, -0.25) is 4.79 Å². The summed E-state index contributed by atoms with van der Waals surface area (Å²) in [5, 5.41) is 8.59. The lowest BCUT2D eigenvalue weighted by molar-refractivity contribution is -0.139. The standard InChI is InChI=1S/C20H23NO4/c1-3-15-5-4-6-17(11-15)12-19(22)21(2)13-16-7-9-18(10-8-16)25-14-20(23)24/h4-11H,3,12-14H2,1-2H3,(H,23,24). The van der Waals surface area contributed by atoms with Crippen LogP contribution in [0.15, 0.2) is 48.5 Å². The third-order valence-corrected chi connectivity index (χ3v) is 3.89. The molecule has 0 saturated carbocycles. The minimum Gasteiger partial charge on any atom is -0.482 e. The maximum absolute atomic E-state index is 12.4. The first-order chi connectivity index (χ1) is 12.0. The Balaban J connectivity index is 1.90. The van der Waals surface area contributed by atoms with E-state index < -0.39 is 5.97 Å². The molecule has 0 bridgehead atoms. The normalized spacial score (nSPS) is 10.3. The average molecular weight is 341 g/mol. The van der Waals surface area contributed by atoms with Crippen molar-refractivity contribution in [3.63, 3.8) is 0 Å². The van der Waals surface area contributed by atoms with E-state index >= 15 is 0 Å². The number of hydrogen-bond acceptors (Lipinski definition) is 3. The van der Waals surface area contributed by atoms with Gasteiger partial charge in [-0.25, -0.2) is 4.79 Å². The number of carbonyl (C=O) groups excluding carboxylic acids is 1. The van der Waals surface area contributed by atoms with Crippen LogP contribution < -0.4 is 4.74 Å². The van der Waals surface area contributed by atoms with Gasteiger partial charge < -0.3 is 14.7 Å². The summed E-state index contributed by atoms with van der Waals surface area (Å²) in [5.74, 6) is -0.461. The number of rotatable bonds is 8. The van der Waals surface area contributed by atoms with Crippen LogP contribution in [0.4, 0.5) is 0 Å². The average Bonchev–Trinajstić information content (AvgIpc) is 2.61. The number of hydrogen-bond donors (Lipinski definition) is 1. The molecule has 1 amide bonds. The predicted octanol–water partition coefficient (Wildman–Crippen LogP) is 2.91. The van der Waals surface area contributed by atoms with Gasteiger partial charge in [0.05, 0.1) is 6.42 Å². The van der Waals surface area contributed by atoms with E-state index in [1.807, 2.05) is 24.3 Å². The number of aliphatic carboxylic acids is 1. The van der Waals surface area contributed by atoms with Crippen molar-refractivity contribution in [3.8, 4) is 5.75 Å². The van der Waals surface area contributed by atoms with Crippen molar-refractivity contribution >= 4 is 11.9 Å². The zero-order valence-electron chi connectivity index (χ0n) is 14.6. The molecule has 132 valence electrons. The first-order valence-electron chi connectivity index (χ1n) is 8.23. The van der Waals surface area contributed by atoms with Gasteiger partial charge in [-0.1, -0.05) is 43.3 Å². The van der Waals surface area contributed by atoms with Crippen LogP contribution in [-0.2, 0) is 29.0 Å². The summed E-state index contributed by atoms with van der Waals surface area (Å²) < 4.78 is 5.10. The Labute approximate surface area is 147 Å². The second-order valence-electron chi connectivity index (χ2n) is 5.93. The van der Waals surface area contributed by atoms with Gasteiger partial charge in [-0.2, -0.15) is 0 Å². The zero-order valence-corrected chi connectivity index (χ0v) is 14.6. The molecule has 2 rings (SSSR count). The Morgan fingerprint density at radius 3 is 2.36 bits per heavy atom. The maximum atomic E-state index is 12.4. The molecule has 0 aliphatic rings. The van der Waals surface area contributed by atoms with E-state index in [1.54, 1.807) is 24.1 Å². The van der Waals surface area contributed by atoms with Crippen LogP contribution in [0, 0.1) is 0 Å². The highest BCUT2D eigenvalue weighted by Crippen LogP contribution is 2.14. The molecule has 0 fully saturated rings. The number of likely N-dealkylation sites (N-methyl/N-ethyl adjacent to an activating group) is 1. The lowest BCUT2D eigenvalue weighted by Gasteiger charge is -2.18. The molecule has 2 aromatic carbocycles. The number of amides is 1. The number of nitrogens with zero attached hydrogens (tertiary/aromatic N) is 1. The van der Waals surface area contributed by atoms with Crippen LogP contribution in [0.2, 0.25) is 0 Å². The van der Waals surface area contributed by atoms with Gasteiger partial charge in [0.2, 0.25) is 5.91 Å². The molecule has 0 radical (unpaired) electrons. The van der Waals surface area contributed by atoms with E-state index in [0.717, 1.165) is 17.5 Å². The minimum atomic E-state index is -1.01. The van der Waals surface area contributed by atoms with Gasteiger partial charge in [0.15, 0.2) is 6.61 Å². The van der Waals surface area contributed by atoms with E-state index in [9.17, 15) is 9.59 Å². The molecule has 0 aromatic heterocycles. The van der Waals surface area contributed by atoms with Gasteiger partial charge >= 0.3 is 5.97 Å². The second-order valence-corrected chi connectivity index (χ2v) is 5.93. The third-order valence-electron chi connectivity index (χ3n) is 3.89. The molecule has 5 heteroatoms. The fourth-order valence-electron chi connectivity index (χ4n) is 2.47. The van der Waals surface area contributed by atoms with Gasteiger partial charge in [0.25, 0.3) is 0 Å². The molecule has 25 heavy (non-hydrogen) atoms. The first-order valence-corrected chi connectivity index (χ1v) is 8.23. The predicted molar refractivity (Wildman–Crippen MR) is 95.6 cm³/mol. The highest BCUT2D eigenvalue weighted by Gasteiger charge is 2.11. The second kappa shape index (κ2) is 8.87. The Hall–Kier alpha value is -2.82. The molecule has 0 saturated heterocycles. The van der Waals surface area contributed by atoms with Crippen LogP contribution in [0.3, 0.4) is 0 Å². The van der Waals surface area contributed by atoms with Gasteiger partial charge in [0.1, 0.15) is 5.75 Å². The SMILES string of the molecule is CCc1cccc(CC(=O)N(C)Cc2ccc(OCC(=O)O)cc2)c1. The number of ether oxygens (including phenoxy) is 1. The van der Waals surface area contributed by atoms with E-state index in [1.165, 1.54) is 5.56 Å². The molecule has 0 aliphatic heterocycles.